The summed E-state index contributed by atoms with van der Waals surface area (Å²) in [7, 11) is 0. The highest BCUT2D eigenvalue weighted by atomic mass is 14.0. The normalized spacial score (nSPS) is 9.77. The molecule has 0 saturated carbocycles. The van der Waals surface area contributed by atoms with Crippen molar-refractivity contribution in [3.05, 3.63) is 70.8 Å². The van der Waals surface area contributed by atoms with Crippen molar-refractivity contribution in [1.82, 2.24) is 0 Å². The second-order valence-electron chi connectivity index (χ2n) is 6.70. The third kappa shape index (κ3) is 7.63. The van der Waals surface area contributed by atoms with E-state index in [1.807, 2.05) is 0 Å². The van der Waals surface area contributed by atoms with Crippen molar-refractivity contribution in [2.45, 2.75) is 65.2 Å². The maximum Gasteiger partial charge on any atom is 0.0245 e. The summed E-state index contributed by atoms with van der Waals surface area (Å²) >= 11 is 0. The zero-order valence-corrected chi connectivity index (χ0v) is 16.3. The van der Waals surface area contributed by atoms with Gasteiger partial charge in [-0.3, -0.25) is 0 Å². The summed E-state index contributed by atoms with van der Waals surface area (Å²) in [5, 5.41) is 0. The highest BCUT2D eigenvalue weighted by Crippen LogP contribution is 2.08. The molecule has 0 atom stereocenters. The van der Waals surface area contributed by atoms with E-state index >= 15 is 0 Å². The first-order valence-electron chi connectivity index (χ1n) is 9.97. The molecule has 0 heteroatoms. The molecule has 0 spiro atoms. The Labute approximate surface area is 160 Å². The van der Waals surface area contributed by atoms with Gasteiger partial charge >= 0.3 is 0 Å². The third-order valence-corrected chi connectivity index (χ3v) is 4.36. The lowest BCUT2D eigenvalue weighted by molar-refractivity contribution is 0.717. The van der Waals surface area contributed by atoms with Gasteiger partial charge in [0.05, 0.1) is 0 Å². The topological polar surface area (TPSA) is 0 Å². The second kappa shape index (κ2) is 12.0. The van der Waals surface area contributed by atoms with Crippen molar-refractivity contribution >= 4 is 0 Å². The van der Waals surface area contributed by atoms with Crippen molar-refractivity contribution in [3.8, 4) is 23.7 Å². The molecule has 0 fully saturated rings. The van der Waals surface area contributed by atoms with Gasteiger partial charge in [-0.2, -0.15) is 0 Å². The fourth-order valence-corrected chi connectivity index (χ4v) is 2.83. The lowest BCUT2D eigenvalue weighted by Gasteiger charge is -2.00. The van der Waals surface area contributed by atoms with Gasteiger partial charge in [0.15, 0.2) is 0 Å². The van der Waals surface area contributed by atoms with Crippen molar-refractivity contribution < 1.29 is 0 Å². The fraction of sp³-hybridized carbons (Fsp3) is 0.385. The minimum atomic E-state index is 0.818. The van der Waals surface area contributed by atoms with Crippen molar-refractivity contribution in [3.63, 3.8) is 0 Å². The monoisotopic (exact) mass is 342 g/mol. The van der Waals surface area contributed by atoms with Crippen LogP contribution >= 0.6 is 0 Å². The van der Waals surface area contributed by atoms with Gasteiger partial charge in [-0.25, -0.2) is 0 Å². The molecule has 0 nitrogen and oxygen atoms in total. The van der Waals surface area contributed by atoms with Crippen molar-refractivity contribution in [2.24, 2.45) is 0 Å². The molecule has 2 rings (SSSR count). The van der Waals surface area contributed by atoms with Gasteiger partial charge in [-0.05, 0) is 54.7 Å². The molecule has 0 saturated heterocycles. The molecule has 0 aromatic heterocycles. The van der Waals surface area contributed by atoms with E-state index in [0.29, 0.717) is 0 Å². The number of rotatable bonds is 7. The fourth-order valence-electron chi connectivity index (χ4n) is 2.83. The third-order valence-electron chi connectivity index (χ3n) is 4.36. The number of aryl methyl sites for hydroxylation is 2. The largest absolute Gasteiger partial charge is 0.0969 e. The first-order chi connectivity index (χ1) is 12.8. The summed E-state index contributed by atoms with van der Waals surface area (Å²) in [5.74, 6) is 12.9. The summed E-state index contributed by atoms with van der Waals surface area (Å²) in [6.45, 7) is 4.45. The Balaban J connectivity index is 1.75. The van der Waals surface area contributed by atoms with Crippen LogP contribution in [0, 0.1) is 23.7 Å². The van der Waals surface area contributed by atoms with Crippen LogP contribution in [0.25, 0.3) is 0 Å². The van der Waals surface area contributed by atoms with E-state index in [4.69, 9.17) is 0 Å². The van der Waals surface area contributed by atoms with Gasteiger partial charge in [0.25, 0.3) is 0 Å². The van der Waals surface area contributed by atoms with Crippen LogP contribution in [0.2, 0.25) is 0 Å². The van der Waals surface area contributed by atoms with Crippen LogP contribution in [-0.2, 0) is 12.8 Å². The van der Waals surface area contributed by atoms with Gasteiger partial charge in [0, 0.05) is 24.0 Å². The molecular formula is C26H30. The minimum absolute atomic E-state index is 0.818. The van der Waals surface area contributed by atoms with Crippen LogP contribution < -0.4 is 0 Å². The Morgan fingerprint density at radius 2 is 1.08 bits per heavy atom. The predicted octanol–water partition coefficient (Wildman–Crippen LogP) is 6.56. The molecule has 2 aromatic rings. The van der Waals surface area contributed by atoms with E-state index < -0.39 is 0 Å². The van der Waals surface area contributed by atoms with Crippen LogP contribution in [-0.4, -0.2) is 0 Å². The van der Waals surface area contributed by atoms with Crippen molar-refractivity contribution in [1.29, 1.82) is 0 Å². The van der Waals surface area contributed by atoms with E-state index in [0.717, 1.165) is 30.4 Å². The summed E-state index contributed by atoms with van der Waals surface area (Å²) in [5.41, 5.74) is 5.00. The maximum atomic E-state index is 3.24. The Bertz CT molecular complexity index is 755. The molecule has 0 heterocycles. The first kappa shape index (κ1) is 19.9. The Morgan fingerprint density at radius 3 is 1.54 bits per heavy atom. The summed E-state index contributed by atoms with van der Waals surface area (Å²) in [6.07, 6.45) is 9.01. The van der Waals surface area contributed by atoms with Crippen LogP contribution in [0.3, 0.4) is 0 Å². The van der Waals surface area contributed by atoms with Crippen LogP contribution in [0.1, 0.15) is 74.6 Å². The SMILES string of the molecule is CCCCCc1ccc(C#CCCC#Cc2ccc(CCC)cc2)cc1. The Morgan fingerprint density at radius 1 is 0.577 bits per heavy atom. The lowest BCUT2D eigenvalue weighted by atomic mass is 10.1. The number of benzene rings is 2. The lowest BCUT2D eigenvalue weighted by Crippen LogP contribution is -1.85. The molecule has 26 heavy (non-hydrogen) atoms. The van der Waals surface area contributed by atoms with E-state index in [1.165, 1.54) is 43.2 Å². The predicted molar refractivity (Wildman–Crippen MR) is 113 cm³/mol. The zero-order valence-electron chi connectivity index (χ0n) is 16.3. The molecule has 0 unspecified atom stereocenters. The van der Waals surface area contributed by atoms with Crippen molar-refractivity contribution in [2.75, 3.05) is 0 Å². The molecule has 0 bridgehead atoms. The molecule has 0 aliphatic carbocycles. The van der Waals surface area contributed by atoms with Gasteiger partial charge in [-0.1, -0.05) is 81.1 Å². The zero-order chi connectivity index (χ0) is 18.5. The van der Waals surface area contributed by atoms with Crippen LogP contribution in [0.15, 0.2) is 48.5 Å². The summed E-state index contributed by atoms with van der Waals surface area (Å²) in [4.78, 5) is 0. The minimum Gasteiger partial charge on any atom is -0.0969 e. The van der Waals surface area contributed by atoms with Gasteiger partial charge < -0.3 is 0 Å². The highest BCUT2D eigenvalue weighted by molar-refractivity contribution is 5.37. The number of hydrogen-bond donors (Lipinski definition) is 0. The standard InChI is InChI=1S/C26H30/c1-3-5-8-12-24-19-21-26(22-20-24)14-10-7-6-9-13-25-17-15-23(11-4-2)16-18-25/h15-22H,3-8,11-12H2,1-2H3. The second-order valence-corrected chi connectivity index (χ2v) is 6.70. The first-order valence-corrected chi connectivity index (χ1v) is 9.97. The van der Waals surface area contributed by atoms with Gasteiger partial charge in [-0.15, -0.1) is 0 Å². The van der Waals surface area contributed by atoms with E-state index in [1.54, 1.807) is 0 Å². The average Bonchev–Trinajstić information content (AvgIpc) is 2.67. The van der Waals surface area contributed by atoms with E-state index in [-0.39, 0.29) is 0 Å². The molecule has 0 aliphatic heterocycles. The molecule has 0 N–H and O–H groups in total. The quantitative estimate of drug-likeness (QED) is 0.395. The Kier molecular flexibility index (Phi) is 9.18. The van der Waals surface area contributed by atoms with E-state index in [9.17, 15) is 0 Å². The number of unbranched alkanes of at least 4 members (excludes halogenated alkanes) is 3. The Hall–Kier alpha value is -2.44. The molecular weight excluding hydrogens is 312 g/mol. The van der Waals surface area contributed by atoms with Gasteiger partial charge in [0.2, 0.25) is 0 Å². The smallest absolute Gasteiger partial charge is 0.0245 e. The van der Waals surface area contributed by atoms with Crippen LogP contribution in [0.5, 0.6) is 0 Å². The number of hydrogen-bond acceptors (Lipinski definition) is 0. The molecule has 0 amide bonds. The van der Waals surface area contributed by atoms with Crippen LogP contribution in [0.4, 0.5) is 0 Å². The highest BCUT2D eigenvalue weighted by Gasteiger charge is 1.93. The van der Waals surface area contributed by atoms with Gasteiger partial charge in [0.1, 0.15) is 0 Å². The molecule has 0 aliphatic rings. The average molecular weight is 343 g/mol. The summed E-state index contributed by atoms with van der Waals surface area (Å²) < 4.78 is 0. The molecule has 0 radical (unpaired) electrons. The molecule has 134 valence electrons. The molecule has 2 aromatic carbocycles. The maximum absolute atomic E-state index is 3.24. The summed E-state index contributed by atoms with van der Waals surface area (Å²) in [6, 6.07) is 17.3. The van der Waals surface area contributed by atoms with E-state index in [2.05, 4.69) is 86.1 Å².